The van der Waals surface area contributed by atoms with Gasteiger partial charge in [0.15, 0.2) is 0 Å². The lowest BCUT2D eigenvalue weighted by Gasteiger charge is -2.60. The molecule has 3 rings (SSSR count). The van der Waals surface area contributed by atoms with E-state index in [2.05, 4.69) is 12.2 Å². The summed E-state index contributed by atoms with van der Waals surface area (Å²) >= 11 is 0. The number of carbonyl (C=O) groups is 2. The number of carbonyl (C=O) groups excluding carboxylic acids is 2. The highest BCUT2D eigenvalue weighted by Crippen LogP contribution is 2.48. The summed E-state index contributed by atoms with van der Waals surface area (Å²) in [4.78, 5) is 26.1. The van der Waals surface area contributed by atoms with Crippen molar-refractivity contribution >= 4 is 17.9 Å². The van der Waals surface area contributed by atoms with E-state index in [0.717, 1.165) is 37.9 Å². The zero-order valence-electron chi connectivity index (χ0n) is 15.5. The van der Waals surface area contributed by atoms with Crippen LogP contribution in [0.15, 0.2) is 48.8 Å². The molecule has 0 radical (unpaired) electrons. The third-order valence-electron chi connectivity index (χ3n) is 5.31. The Morgan fingerprint density at radius 3 is 2.73 bits per heavy atom. The second kappa shape index (κ2) is 7.77. The van der Waals surface area contributed by atoms with Gasteiger partial charge in [-0.05, 0) is 37.0 Å². The highest BCUT2D eigenvalue weighted by molar-refractivity contribution is 5.92. The predicted molar refractivity (Wildman–Crippen MR) is 103 cm³/mol. The van der Waals surface area contributed by atoms with E-state index in [1.54, 1.807) is 18.2 Å². The maximum absolute atomic E-state index is 12.3. The molecule has 1 saturated carbocycles. The van der Waals surface area contributed by atoms with E-state index in [1.807, 2.05) is 53.2 Å². The number of nitrogens with one attached hydrogen (secondary N) is 1. The van der Waals surface area contributed by atoms with Crippen LogP contribution in [0.5, 0.6) is 0 Å². The van der Waals surface area contributed by atoms with Gasteiger partial charge in [-0.3, -0.25) is 9.59 Å². The Labute approximate surface area is 155 Å². The maximum atomic E-state index is 12.3. The molecule has 138 valence electrons. The fourth-order valence-corrected chi connectivity index (χ4v) is 3.64. The molecule has 2 amide bonds. The van der Waals surface area contributed by atoms with Crippen LogP contribution in [0.4, 0.5) is 0 Å². The van der Waals surface area contributed by atoms with Gasteiger partial charge in [-0.15, -0.1) is 0 Å². The Kier molecular flexibility index (Phi) is 5.45. The maximum Gasteiger partial charge on any atom is 0.246 e. The number of hydrogen-bond donors (Lipinski definition) is 1. The molecular weight excluding hydrogens is 326 g/mol. The van der Waals surface area contributed by atoms with Crippen molar-refractivity contribution in [3.63, 3.8) is 0 Å². The van der Waals surface area contributed by atoms with Crippen molar-refractivity contribution in [1.29, 1.82) is 0 Å². The van der Waals surface area contributed by atoms with Crippen molar-refractivity contribution in [2.75, 3.05) is 13.1 Å². The highest BCUT2D eigenvalue weighted by atomic mass is 16.2. The van der Waals surface area contributed by atoms with Gasteiger partial charge in [0.05, 0.1) is 0 Å². The van der Waals surface area contributed by atoms with Gasteiger partial charge < -0.3 is 14.8 Å². The van der Waals surface area contributed by atoms with E-state index >= 15 is 0 Å². The smallest absolute Gasteiger partial charge is 0.246 e. The van der Waals surface area contributed by atoms with Crippen LogP contribution in [0.1, 0.15) is 31.7 Å². The molecule has 1 aliphatic carbocycles. The first-order chi connectivity index (χ1) is 12.5. The van der Waals surface area contributed by atoms with E-state index < -0.39 is 0 Å². The van der Waals surface area contributed by atoms with Gasteiger partial charge in [0.2, 0.25) is 11.8 Å². The minimum Gasteiger partial charge on any atom is -0.357 e. The van der Waals surface area contributed by atoms with Crippen LogP contribution in [0.2, 0.25) is 0 Å². The third-order valence-corrected chi connectivity index (χ3v) is 5.31. The van der Waals surface area contributed by atoms with Gasteiger partial charge in [0, 0.05) is 56.1 Å². The van der Waals surface area contributed by atoms with Crippen LogP contribution in [0.3, 0.4) is 0 Å². The minimum absolute atomic E-state index is 0.0426. The Hall–Kier alpha value is -2.56. The van der Waals surface area contributed by atoms with Crippen molar-refractivity contribution in [2.24, 2.45) is 12.5 Å². The number of allylic oxidation sites excluding steroid dienone is 3. The van der Waals surface area contributed by atoms with Crippen LogP contribution in [-0.4, -0.2) is 40.4 Å². The van der Waals surface area contributed by atoms with Gasteiger partial charge in [-0.25, -0.2) is 0 Å². The van der Waals surface area contributed by atoms with Gasteiger partial charge in [-0.1, -0.05) is 25.2 Å². The first-order valence-corrected chi connectivity index (χ1v) is 9.25. The number of aryl methyl sites for hydroxylation is 1. The molecular formula is C21H27N3O2. The number of amides is 2. The molecule has 1 aromatic rings. The monoisotopic (exact) mass is 353 g/mol. The summed E-state index contributed by atoms with van der Waals surface area (Å²) < 4.78 is 1.96. The van der Waals surface area contributed by atoms with E-state index in [1.165, 1.54) is 0 Å². The average Bonchev–Trinajstić information content (AvgIpc) is 2.98. The van der Waals surface area contributed by atoms with Gasteiger partial charge in [0.25, 0.3) is 0 Å². The van der Waals surface area contributed by atoms with E-state index in [9.17, 15) is 9.59 Å². The summed E-state index contributed by atoms with van der Waals surface area (Å²) in [5, 5.41) is 3.09. The highest BCUT2D eigenvalue weighted by Gasteiger charge is 2.55. The summed E-state index contributed by atoms with van der Waals surface area (Å²) in [5.41, 5.74) is 1.10. The zero-order valence-corrected chi connectivity index (χ0v) is 15.5. The van der Waals surface area contributed by atoms with Crippen molar-refractivity contribution in [2.45, 2.75) is 32.2 Å². The SMILES string of the molecule is CC/C=C/C=C/C(=O)NC1CCC12CN(C(=O)/C=C/c1ccn(C)c1)C2. The van der Waals surface area contributed by atoms with Crippen LogP contribution in [0.25, 0.3) is 6.08 Å². The molecule has 5 heteroatoms. The number of aromatic nitrogens is 1. The number of rotatable bonds is 6. The van der Waals surface area contributed by atoms with Gasteiger partial charge >= 0.3 is 0 Å². The van der Waals surface area contributed by atoms with Gasteiger partial charge in [-0.2, -0.15) is 0 Å². The standard InChI is InChI=1S/C21H27N3O2/c1-3-4-5-6-7-19(25)22-18-10-12-21(18)15-24(16-21)20(26)9-8-17-11-13-23(2)14-17/h4-9,11,13-14,18H,3,10,12,15-16H2,1-2H3,(H,22,25)/b5-4+,7-6+,9-8+. The van der Waals surface area contributed by atoms with Crippen LogP contribution >= 0.6 is 0 Å². The number of likely N-dealkylation sites (tertiary alicyclic amines) is 1. The van der Waals surface area contributed by atoms with Crippen LogP contribution in [0, 0.1) is 5.41 Å². The summed E-state index contributed by atoms with van der Waals surface area (Å²) in [6.45, 7) is 3.52. The van der Waals surface area contributed by atoms with Gasteiger partial charge in [0.1, 0.15) is 0 Å². The Balaban J connectivity index is 1.46. The predicted octanol–water partition coefficient (Wildman–Crippen LogP) is 2.67. The normalized spacial score (nSPS) is 21.5. The fourth-order valence-electron chi connectivity index (χ4n) is 3.64. The molecule has 0 aromatic carbocycles. The minimum atomic E-state index is -0.0522. The summed E-state index contributed by atoms with van der Waals surface area (Å²) in [6, 6.07) is 2.15. The number of nitrogens with zero attached hydrogens (tertiary/aromatic N) is 2. The largest absolute Gasteiger partial charge is 0.357 e. The zero-order chi connectivity index (χ0) is 18.6. The van der Waals surface area contributed by atoms with Crippen LogP contribution < -0.4 is 5.32 Å². The second-order valence-corrected chi connectivity index (χ2v) is 7.30. The molecule has 5 nitrogen and oxygen atoms in total. The quantitative estimate of drug-likeness (QED) is 0.631. The molecule has 1 aliphatic heterocycles. The van der Waals surface area contributed by atoms with Crippen molar-refractivity contribution in [1.82, 2.24) is 14.8 Å². The molecule has 1 saturated heterocycles. The van der Waals surface area contributed by atoms with Crippen LogP contribution in [-0.2, 0) is 16.6 Å². The van der Waals surface area contributed by atoms with Crippen molar-refractivity contribution < 1.29 is 9.59 Å². The third kappa shape index (κ3) is 3.98. The lowest BCUT2D eigenvalue weighted by atomic mass is 9.59. The first-order valence-electron chi connectivity index (χ1n) is 9.25. The molecule has 1 N–H and O–H groups in total. The van der Waals surface area contributed by atoms with Crippen molar-refractivity contribution in [3.05, 3.63) is 54.4 Å². The van der Waals surface area contributed by atoms with E-state index in [-0.39, 0.29) is 23.3 Å². The summed E-state index contributed by atoms with van der Waals surface area (Å²) in [6.07, 6.45) is 17.7. The molecule has 2 fully saturated rings. The molecule has 1 aromatic heterocycles. The summed E-state index contributed by atoms with van der Waals surface area (Å²) in [7, 11) is 1.96. The molecule has 26 heavy (non-hydrogen) atoms. The lowest BCUT2D eigenvalue weighted by Crippen LogP contribution is -2.71. The molecule has 2 heterocycles. The van der Waals surface area contributed by atoms with E-state index in [4.69, 9.17) is 0 Å². The second-order valence-electron chi connectivity index (χ2n) is 7.30. The van der Waals surface area contributed by atoms with E-state index in [0.29, 0.717) is 0 Å². The first kappa shape index (κ1) is 18.2. The fraction of sp³-hybridized carbons (Fsp3) is 0.429. The van der Waals surface area contributed by atoms with Crippen molar-refractivity contribution in [3.8, 4) is 0 Å². The molecule has 0 bridgehead atoms. The topological polar surface area (TPSA) is 54.3 Å². The molecule has 1 atom stereocenters. The summed E-state index contributed by atoms with van der Waals surface area (Å²) in [5.74, 6) is -0.00960. The Bertz CT molecular complexity index is 751. The molecule has 1 spiro atoms. The number of hydrogen-bond acceptors (Lipinski definition) is 2. The Morgan fingerprint density at radius 1 is 1.31 bits per heavy atom. The molecule has 2 aliphatic rings. The lowest BCUT2D eigenvalue weighted by molar-refractivity contribution is -0.150. The molecule has 1 unspecified atom stereocenters. The average molecular weight is 353 g/mol. The Morgan fingerprint density at radius 2 is 2.12 bits per heavy atom.